The molecule has 1 aliphatic heterocycles. The van der Waals surface area contributed by atoms with Crippen LogP contribution in [0.1, 0.15) is 24.2 Å². The number of halogens is 1. The van der Waals surface area contributed by atoms with Crippen molar-refractivity contribution in [3.8, 4) is 0 Å². The monoisotopic (exact) mass is 279 g/mol. The summed E-state index contributed by atoms with van der Waals surface area (Å²) in [5.74, 6) is -0.0865. The van der Waals surface area contributed by atoms with Crippen molar-refractivity contribution in [1.29, 1.82) is 0 Å². The summed E-state index contributed by atoms with van der Waals surface area (Å²) in [4.78, 5) is 16.5. The number of anilines is 1. The summed E-state index contributed by atoms with van der Waals surface area (Å²) < 4.78 is 13.4. The highest BCUT2D eigenvalue weighted by molar-refractivity contribution is 5.99. The summed E-state index contributed by atoms with van der Waals surface area (Å²) in [5, 5.41) is 0. The molecular weight excluding hydrogens is 257 g/mol. The van der Waals surface area contributed by atoms with Gasteiger partial charge in [-0.15, -0.1) is 0 Å². The van der Waals surface area contributed by atoms with E-state index in [1.807, 2.05) is 0 Å². The molecule has 1 amide bonds. The lowest BCUT2D eigenvalue weighted by Gasteiger charge is -2.35. The van der Waals surface area contributed by atoms with Gasteiger partial charge < -0.3 is 10.6 Å². The Morgan fingerprint density at radius 3 is 2.55 bits per heavy atom. The molecule has 0 saturated carbocycles. The number of amides is 1. The largest absolute Gasteiger partial charge is 0.396 e. The van der Waals surface area contributed by atoms with Gasteiger partial charge in [-0.2, -0.15) is 0 Å². The van der Waals surface area contributed by atoms with E-state index in [2.05, 4.69) is 18.7 Å². The standard InChI is InChI=1S/C15H22FN3O/c1-11(2)10-18-6-8-19(9-7-18)15(20)12-4-3-5-13(16)14(12)17/h3-5,11H,6-10,17H2,1-2H3. The number of piperazine rings is 1. The number of hydrogen-bond donors (Lipinski definition) is 1. The van der Waals surface area contributed by atoms with Crippen molar-refractivity contribution in [2.75, 3.05) is 38.5 Å². The fraction of sp³-hybridized carbons (Fsp3) is 0.533. The van der Waals surface area contributed by atoms with Crippen LogP contribution in [-0.2, 0) is 0 Å². The molecule has 2 rings (SSSR count). The van der Waals surface area contributed by atoms with Gasteiger partial charge in [-0.3, -0.25) is 9.69 Å². The lowest BCUT2D eigenvalue weighted by atomic mass is 10.1. The number of carbonyl (C=O) groups is 1. The minimum atomic E-state index is -0.533. The third-order valence-electron chi connectivity index (χ3n) is 3.57. The van der Waals surface area contributed by atoms with E-state index in [4.69, 9.17) is 5.73 Å². The second-order valence-electron chi connectivity index (χ2n) is 5.69. The Bertz CT molecular complexity index is 482. The van der Waals surface area contributed by atoms with Crippen LogP contribution in [-0.4, -0.2) is 48.4 Å². The van der Waals surface area contributed by atoms with E-state index in [0.717, 1.165) is 19.6 Å². The van der Waals surface area contributed by atoms with Crippen LogP contribution in [0.15, 0.2) is 18.2 Å². The molecule has 1 saturated heterocycles. The zero-order chi connectivity index (χ0) is 14.7. The number of hydrogen-bond acceptors (Lipinski definition) is 3. The summed E-state index contributed by atoms with van der Waals surface area (Å²) in [6.07, 6.45) is 0. The van der Waals surface area contributed by atoms with E-state index in [1.165, 1.54) is 12.1 Å². The Balaban J connectivity index is 2.00. The third kappa shape index (κ3) is 3.28. The van der Waals surface area contributed by atoms with Gasteiger partial charge in [-0.05, 0) is 18.1 Å². The molecule has 1 aromatic carbocycles. The molecule has 20 heavy (non-hydrogen) atoms. The Kier molecular flexibility index (Phi) is 4.60. The fourth-order valence-electron chi connectivity index (χ4n) is 2.54. The van der Waals surface area contributed by atoms with Gasteiger partial charge in [0.2, 0.25) is 0 Å². The lowest BCUT2D eigenvalue weighted by Crippen LogP contribution is -2.49. The first-order valence-corrected chi connectivity index (χ1v) is 7.04. The molecule has 5 heteroatoms. The molecule has 4 nitrogen and oxygen atoms in total. The van der Waals surface area contributed by atoms with Gasteiger partial charge >= 0.3 is 0 Å². The van der Waals surface area contributed by atoms with Crippen molar-refractivity contribution >= 4 is 11.6 Å². The van der Waals surface area contributed by atoms with E-state index < -0.39 is 5.82 Å². The summed E-state index contributed by atoms with van der Waals surface area (Å²) in [5.41, 5.74) is 5.86. The molecule has 1 aromatic rings. The first kappa shape index (κ1) is 14.8. The van der Waals surface area contributed by atoms with Crippen molar-refractivity contribution in [2.45, 2.75) is 13.8 Å². The number of carbonyl (C=O) groups excluding carboxylic acids is 1. The molecule has 2 N–H and O–H groups in total. The Morgan fingerprint density at radius 1 is 1.30 bits per heavy atom. The molecule has 1 fully saturated rings. The van der Waals surface area contributed by atoms with Crippen LogP contribution in [0.25, 0.3) is 0 Å². The number of nitrogens with zero attached hydrogens (tertiary/aromatic N) is 2. The van der Waals surface area contributed by atoms with Crippen LogP contribution >= 0.6 is 0 Å². The van der Waals surface area contributed by atoms with Gasteiger partial charge in [0.25, 0.3) is 5.91 Å². The number of rotatable bonds is 3. The average molecular weight is 279 g/mol. The minimum absolute atomic E-state index is 0.0536. The number of nitrogens with two attached hydrogens (primary N) is 1. The van der Waals surface area contributed by atoms with Crippen LogP contribution in [0.4, 0.5) is 10.1 Å². The quantitative estimate of drug-likeness (QED) is 0.859. The number of para-hydroxylation sites is 1. The Hall–Kier alpha value is -1.62. The summed E-state index contributed by atoms with van der Waals surface area (Å²) in [7, 11) is 0. The highest BCUT2D eigenvalue weighted by Gasteiger charge is 2.24. The predicted molar refractivity (Wildman–Crippen MR) is 78.0 cm³/mol. The highest BCUT2D eigenvalue weighted by atomic mass is 19.1. The Morgan fingerprint density at radius 2 is 1.95 bits per heavy atom. The second kappa shape index (κ2) is 6.22. The van der Waals surface area contributed by atoms with Gasteiger partial charge in [0.15, 0.2) is 0 Å². The lowest BCUT2D eigenvalue weighted by molar-refractivity contribution is 0.0624. The fourth-order valence-corrected chi connectivity index (χ4v) is 2.54. The smallest absolute Gasteiger partial charge is 0.256 e. The van der Waals surface area contributed by atoms with Crippen LogP contribution < -0.4 is 5.73 Å². The van der Waals surface area contributed by atoms with Crippen molar-refractivity contribution in [3.63, 3.8) is 0 Å². The van der Waals surface area contributed by atoms with Crippen LogP contribution in [0.3, 0.4) is 0 Å². The van der Waals surface area contributed by atoms with Gasteiger partial charge in [0.05, 0.1) is 11.3 Å². The van der Waals surface area contributed by atoms with Gasteiger partial charge in [0, 0.05) is 32.7 Å². The first-order chi connectivity index (χ1) is 9.49. The third-order valence-corrected chi connectivity index (χ3v) is 3.57. The number of benzene rings is 1. The maximum absolute atomic E-state index is 13.4. The molecular formula is C15H22FN3O. The normalized spacial score (nSPS) is 16.7. The maximum atomic E-state index is 13.4. The van der Waals surface area contributed by atoms with Crippen molar-refractivity contribution in [3.05, 3.63) is 29.6 Å². The average Bonchev–Trinajstić information content (AvgIpc) is 2.41. The molecule has 0 aliphatic carbocycles. The zero-order valence-corrected chi connectivity index (χ0v) is 12.1. The molecule has 0 aromatic heterocycles. The van der Waals surface area contributed by atoms with Crippen molar-refractivity contribution < 1.29 is 9.18 Å². The highest BCUT2D eigenvalue weighted by Crippen LogP contribution is 2.18. The van der Waals surface area contributed by atoms with Crippen LogP contribution in [0.2, 0.25) is 0 Å². The second-order valence-corrected chi connectivity index (χ2v) is 5.69. The summed E-state index contributed by atoms with van der Waals surface area (Å²) >= 11 is 0. The van der Waals surface area contributed by atoms with Crippen LogP contribution in [0, 0.1) is 11.7 Å². The summed E-state index contributed by atoms with van der Waals surface area (Å²) in [6.45, 7) is 8.47. The maximum Gasteiger partial charge on any atom is 0.256 e. The minimum Gasteiger partial charge on any atom is -0.396 e. The van der Waals surface area contributed by atoms with E-state index >= 15 is 0 Å². The molecule has 1 heterocycles. The zero-order valence-electron chi connectivity index (χ0n) is 12.1. The van der Waals surface area contributed by atoms with E-state index in [0.29, 0.717) is 19.0 Å². The van der Waals surface area contributed by atoms with E-state index in [1.54, 1.807) is 11.0 Å². The van der Waals surface area contributed by atoms with E-state index in [9.17, 15) is 9.18 Å². The molecule has 0 spiro atoms. The number of nitrogen functional groups attached to an aromatic ring is 1. The molecule has 0 unspecified atom stereocenters. The molecule has 110 valence electrons. The molecule has 0 atom stereocenters. The topological polar surface area (TPSA) is 49.6 Å². The molecule has 1 aliphatic rings. The van der Waals surface area contributed by atoms with Gasteiger partial charge in [0.1, 0.15) is 5.82 Å². The van der Waals surface area contributed by atoms with Gasteiger partial charge in [-0.25, -0.2) is 4.39 Å². The first-order valence-electron chi connectivity index (χ1n) is 7.04. The molecule has 0 bridgehead atoms. The molecule has 0 radical (unpaired) electrons. The predicted octanol–water partition coefficient (Wildman–Crippen LogP) is 1.82. The van der Waals surface area contributed by atoms with Crippen LogP contribution in [0.5, 0.6) is 0 Å². The van der Waals surface area contributed by atoms with Crippen molar-refractivity contribution in [1.82, 2.24) is 9.80 Å². The summed E-state index contributed by atoms with van der Waals surface area (Å²) in [6, 6.07) is 4.38. The van der Waals surface area contributed by atoms with Crippen molar-refractivity contribution in [2.24, 2.45) is 5.92 Å². The SMILES string of the molecule is CC(C)CN1CCN(C(=O)c2cccc(F)c2N)CC1. The van der Waals surface area contributed by atoms with E-state index in [-0.39, 0.29) is 17.2 Å². The Labute approximate surface area is 119 Å². The van der Waals surface area contributed by atoms with Gasteiger partial charge in [-0.1, -0.05) is 19.9 Å².